The molecule has 2 aliphatic heterocycles. The minimum atomic E-state index is -0.821. The second-order valence-electron chi connectivity index (χ2n) is 21.2. The number of hydrogen-bond acceptors (Lipinski definition) is 8. The van der Waals surface area contributed by atoms with Gasteiger partial charge in [-0.15, -0.1) is 6.58 Å². The molecule has 0 radical (unpaired) electrons. The van der Waals surface area contributed by atoms with Gasteiger partial charge in [0.15, 0.2) is 0 Å². The highest BCUT2D eigenvalue weighted by atomic mass is 16.2. The topological polar surface area (TPSA) is 121 Å². The predicted molar refractivity (Wildman–Crippen MR) is 234 cm³/mol. The lowest BCUT2D eigenvalue weighted by molar-refractivity contribution is -0.144. The van der Waals surface area contributed by atoms with Crippen LogP contribution >= 0.6 is 0 Å². The standard InChI is InChI=1S/C47H80N8O3/c1-13-26-53(12)52-51-33(6)47(28-35(47)14-2)50-40(56)37-29-46(44(10,11)45(46)24-20-25-45)30-55(37)42(58)39(43(7,8)9)49-41(57)38(34-21-16-15-17-22-34)48-32(5)36-23-18-19-27-54(36)31(3)4/h14,31,34-39,48,51-52H,2,5-6,13,15-30H2,1,3-4,7-12H3,(H,49,57)(H,50,56)/t35-,36-,37?,38?,39-,46-,47+/m1/s1. The van der Waals surface area contributed by atoms with Gasteiger partial charge >= 0.3 is 0 Å². The van der Waals surface area contributed by atoms with E-state index in [2.05, 4.69) is 86.2 Å². The number of amides is 3. The lowest BCUT2D eigenvalue weighted by Crippen LogP contribution is -2.62. The van der Waals surface area contributed by atoms with Crippen LogP contribution in [-0.2, 0) is 14.4 Å². The summed E-state index contributed by atoms with van der Waals surface area (Å²) in [5, 5.41) is 12.4. The van der Waals surface area contributed by atoms with Crippen LogP contribution in [0.25, 0.3) is 0 Å². The molecule has 5 N–H and O–H groups in total. The highest BCUT2D eigenvalue weighted by Gasteiger charge is 2.85. The van der Waals surface area contributed by atoms with E-state index >= 15 is 4.79 Å². The minimum Gasteiger partial charge on any atom is -0.376 e. The molecule has 2 saturated heterocycles. The third kappa shape index (κ3) is 7.90. The Kier molecular flexibility index (Phi) is 13.0. The predicted octanol–water partition coefficient (Wildman–Crippen LogP) is 6.56. The van der Waals surface area contributed by atoms with Gasteiger partial charge in [-0.1, -0.05) is 92.9 Å². The molecule has 58 heavy (non-hydrogen) atoms. The van der Waals surface area contributed by atoms with Gasteiger partial charge in [0.2, 0.25) is 17.7 Å². The van der Waals surface area contributed by atoms with E-state index < -0.39 is 29.1 Å². The van der Waals surface area contributed by atoms with Crippen LogP contribution in [0.4, 0.5) is 0 Å². The fraction of sp³-hybridized carbons (Fsp3) is 0.809. The number of nitrogens with one attached hydrogen (secondary N) is 5. The van der Waals surface area contributed by atoms with Gasteiger partial charge in [-0.05, 0) is 100 Å². The summed E-state index contributed by atoms with van der Waals surface area (Å²) in [5.74, 6) is -0.289. The quantitative estimate of drug-likeness (QED) is 0.0830. The third-order valence-electron chi connectivity index (χ3n) is 16.3. The summed E-state index contributed by atoms with van der Waals surface area (Å²) in [6.45, 7) is 32.8. The Labute approximate surface area is 351 Å². The van der Waals surface area contributed by atoms with Crippen LogP contribution in [-0.4, -0.2) is 95.0 Å². The Morgan fingerprint density at radius 2 is 1.59 bits per heavy atom. The fourth-order valence-corrected chi connectivity index (χ4v) is 12.3. The molecule has 4 saturated carbocycles. The Bertz CT molecular complexity index is 1570. The lowest BCUT2D eigenvalue weighted by atomic mass is 9.73. The average Bonchev–Trinajstić information content (AvgIpc) is 3.89. The molecule has 6 rings (SSSR count). The van der Waals surface area contributed by atoms with E-state index in [1.165, 1.54) is 19.3 Å². The monoisotopic (exact) mass is 805 g/mol. The highest BCUT2D eigenvalue weighted by molar-refractivity contribution is 5.95. The van der Waals surface area contributed by atoms with E-state index in [0.717, 1.165) is 76.6 Å². The van der Waals surface area contributed by atoms with Crippen molar-refractivity contribution in [3.63, 3.8) is 0 Å². The molecular formula is C47H80N8O3. The molecule has 11 nitrogen and oxygen atoms in total. The maximum Gasteiger partial charge on any atom is 0.246 e. The summed E-state index contributed by atoms with van der Waals surface area (Å²) in [6.07, 6.45) is 16.3. The molecule has 2 heterocycles. The number of likely N-dealkylation sites (tertiary alicyclic amines) is 2. The van der Waals surface area contributed by atoms with Crippen molar-refractivity contribution in [2.45, 2.75) is 181 Å². The fourth-order valence-electron chi connectivity index (χ4n) is 12.3. The van der Waals surface area contributed by atoms with Crippen molar-refractivity contribution in [3.05, 3.63) is 37.2 Å². The number of piperidine rings is 1. The van der Waals surface area contributed by atoms with E-state index in [9.17, 15) is 9.59 Å². The normalized spacial score (nSPS) is 31.4. The molecule has 3 amide bonds. The minimum absolute atomic E-state index is 0.00545. The molecule has 6 fully saturated rings. The number of carbonyl (C=O) groups is 3. The van der Waals surface area contributed by atoms with Crippen LogP contribution in [0.15, 0.2) is 37.2 Å². The van der Waals surface area contributed by atoms with E-state index in [1.54, 1.807) is 0 Å². The molecule has 2 spiro atoms. The van der Waals surface area contributed by atoms with Crippen LogP contribution in [0.3, 0.4) is 0 Å². The molecule has 0 aromatic heterocycles. The number of hydrazine groups is 2. The Morgan fingerprint density at radius 1 is 0.914 bits per heavy atom. The maximum absolute atomic E-state index is 15.4. The van der Waals surface area contributed by atoms with Gasteiger partial charge in [-0.25, -0.2) is 5.01 Å². The smallest absolute Gasteiger partial charge is 0.246 e. The van der Waals surface area contributed by atoms with Gasteiger partial charge in [-0.2, -0.15) is 5.53 Å². The molecule has 6 aliphatic rings. The first-order chi connectivity index (χ1) is 27.3. The van der Waals surface area contributed by atoms with E-state index in [4.69, 9.17) is 0 Å². The van der Waals surface area contributed by atoms with E-state index in [-0.39, 0.29) is 51.8 Å². The maximum atomic E-state index is 15.4. The largest absolute Gasteiger partial charge is 0.376 e. The van der Waals surface area contributed by atoms with Crippen molar-refractivity contribution >= 4 is 17.7 Å². The summed E-state index contributed by atoms with van der Waals surface area (Å²) < 4.78 is 0. The Balaban J connectivity index is 1.26. The van der Waals surface area contributed by atoms with Crippen LogP contribution in [0.1, 0.15) is 145 Å². The Morgan fingerprint density at radius 3 is 2.14 bits per heavy atom. The molecule has 4 aliphatic carbocycles. The van der Waals surface area contributed by atoms with E-state index in [1.807, 2.05) is 43.8 Å². The number of hydrogen-bond donors (Lipinski definition) is 5. The van der Waals surface area contributed by atoms with E-state index in [0.29, 0.717) is 31.1 Å². The van der Waals surface area contributed by atoms with Crippen molar-refractivity contribution in [1.82, 2.24) is 41.7 Å². The SMILES string of the molecule is C=C[C@@H]1C[C@]1(NC(=O)C1C[C@@]2(CN1C(=O)[C@@H](NC(=O)C(NC(=C)[C@H]1CCCCN1C(C)C)C1CCCCC1)C(C)(C)C)C(C)(C)C21CCC1)C(=C)NNN(C)CCC. The molecule has 0 aromatic carbocycles. The number of fused-ring (bicyclic) bond motifs is 1. The molecule has 7 atom stereocenters. The van der Waals surface area contributed by atoms with Crippen LogP contribution in [0, 0.1) is 33.5 Å². The lowest BCUT2D eigenvalue weighted by Gasteiger charge is -2.42. The highest BCUT2D eigenvalue weighted by Crippen LogP contribution is 2.88. The Hall–Kier alpha value is -2.89. The van der Waals surface area contributed by atoms with Gasteiger partial charge in [0.1, 0.15) is 18.1 Å². The third-order valence-corrected chi connectivity index (χ3v) is 16.3. The van der Waals surface area contributed by atoms with Crippen molar-refractivity contribution in [2.75, 3.05) is 26.7 Å². The van der Waals surface area contributed by atoms with Crippen molar-refractivity contribution in [1.29, 1.82) is 0 Å². The van der Waals surface area contributed by atoms with Gasteiger partial charge in [0.25, 0.3) is 0 Å². The van der Waals surface area contributed by atoms with Crippen LogP contribution < -0.4 is 26.9 Å². The van der Waals surface area contributed by atoms with Crippen molar-refractivity contribution in [3.8, 4) is 0 Å². The first-order valence-corrected chi connectivity index (χ1v) is 23.0. The average molecular weight is 805 g/mol. The molecule has 11 heteroatoms. The van der Waals surface area contributed by atoms with Gasteiger partial charge < -0.3 is 26.3 Å². The summed E-state index contributed by atoms with van der Waals surface area (Å²) in [7, 11) is 1.97. The number of nitrogens with zero attached hydrogens (tertiary/aromatic N) is 3. The van der Waals surface area contributed by atoms with Gasteiger partial charge in [-0.3, -0.25) is 19.3 Å². The number of carbonyl (C=O) groups excluding carboxylic acids is 3. The van der Waals surface area contributed by atoms with Crippen molar-refractivity contribution in [2.24, 2.45) is 33.5 Å². The van der Waals surface area contributed by atoms with Crippen LogP contribution in [0.2, 0.25) is 0 Å². The first-order valence-electron chi connectivity index (χ1n) is 23.0. The zero-order valence-corrected chi connectivity index (χ0v) is 37.8. The summed E-state index contributed by atoms with van der Waals surface area (Å²) in [4.78, 5) is 49.5. The molecule has 2 unspecified atom stereocenters. The summed E-state index contributed by atoms with van der Waals surface area (Å²) >= 11 is 0. The van der Waals surface area contributed by atoms with Gasteiger partial charge in [0, 0.05) is 54.9 Å². The van der Waals surface area contributed by atoms with Gasteiger partial charge in [0.05, 0.1) is 5.54 Å². The molecule has 326 valence electrons. The second kappa shape index (κ2) is 16.9. The van der Waals surface area contributed by atoms with Crippen LogP contribution in [0.5, 0.6) is 0 Å². The summed E-state index contributed by atoms with van der Waals surface area (Å²) in [5.41, 5.74) is 6.71. The van der Waals surface area contributed by atoms with Crippen molar-refractivity contribution < 1.29 is 14.4 Å². The zero-order chi connectivity index (χ0) is 42.4. The first kappa shape index (κ1) is 44.7. The molecule has 0 aromatic rings. The zero-order valence-electron chi connectivity index (χ0n) is 37.8. The number of rotatable bonds is 17. The summed E-state index contributed by atoms with van der Waals surface area (Å²) in [6, 6.07) is -1.42. The second-order valence-corrected chi connectivity index (χ2v) is 21.2. The molecule has 0 bridgehead atoms. The molecular weight excluding hydrogens is 725 g/mol.